The Hall–Kier alpha value is -1.90. The number of carbonyl (C=O) groups is 2. The van der Waals surface area contributed by atoms with Crippen molar-refractivity contribution in [1.29, 1.82) is 0 Å². The van der Waals surface area contributed by atoms with Crippen LogP contribution in [0.4, 0.5) is 0 Å². The molecular formula is C13H19BN2O5. The van der Waals surface area contributed by atoms with Gasteiger partial charge in [-0.1, -0.05) is 12.1 Å². The predicted octanol–water partition coefficient (Wildman–Crippen LogP) is -1.32. The molecule has 7 nitrogen and oxygen atoms in total. The van der Waals surface area contributed by atoms with Gasteiger partial charge in [-0.25, -0.2) is 0 Å². The summed E-state index contributed by atoms with van der Waals surface area (Å²) in [7, 11) is -1.56. The Bertz CT molecular complexity index is 478. The van der Waals surface area contributed by atoms with Crippen molar-refractivity contribution in [2.24, 2.45) is 5.73 Å². The maximum atomic E-state index is 11.8. The molecule has 21 heavy (non-hydrogen) atoms. The lowest BCUT2D eigenvalue weighted by Gasteiger charge is -2.08. The number of rotatable bonds is 8. The van der Waals surface area contributed by atoms with Gasteiger partial charge in [0.25, 0.3) is 5.91 Å². The molecule has 0 bridgehead atoms. The number of nitrogens with one attached hydrogen (secondary N) is 1. The summed E-state index contributed by atoms with van der Waals surface area (Å²) in [6, 6.07) is 5.07. The van der Waals surface area contributed by atoms with Crippen LogP contribution in [0, 0.1) is 0 Å². The molecule has 1 atom stereocenters. The molecule has 1 rings (SSSR count). The van der Waals surface area contributed by atoms with E-state index >= 15 is 0 Å². The van der Waals surface area contributed by atoms with Crippen molar-refractivity contribution in [3.05, 3.63) is 29.8 Å². The number of nitrogens with two attached hydrogens (primary N) is 1. The molecule has 0 saturated carbocycles. The SMILES string of the molecule is N[C@@H](CCCCNC(=O)c1ccc(B(O)O)cc1)C(=O)O. The van der Waals surface area contributed by atoms with Crippen molar-refractivity contribution in [2.45, 2.75) is 25.3 Å². The zero-order valence-corrected chi connectivity index (χ0v) is 11.5. The second-order valence-electron chi connectivity index (χ2n) is 4.69. The number of carboxylic acids is 1. The van der Waals surface area contributed by atoms with E-state index in [-0.39, 0.29) is 5.91 Å². The van der Waals surface area contributed by atoms with Gasteiger partial charge in [0.05, 0.1) is 0 Å². The molecule has 0 aliphatic carbocycles. The molecule has 0 aliphatic rings. The predicted molar refractivity (Wildman–Crippen MR) is 78.1 cm³/mol. The number of benzene rings is 1. The second-order valence-corrected chi connectivity index (χ2v) is 4.69. The lowest BCUT2D eigenvalue weighted by Crippen LogP contribution is -2.31. The Labute approximate surface area is 122 Å². The van der Waals surface area contributed by atoms with E-state index in [9.17, 15) is 9.59 Å². The molecule has 0 aliphatic heterocycles. The lowest BCUT2D eigenvalue weighted by molar-refractivity contribution is -0.138. The largest absolute Gasteiger partial charge is 0.488 e. The van der Waals surface area contributed by atoms with Gasteiger partial charge in [0, 0.05) is 12.1 Å². The summed E-state index contributed by atoms with van der Waals surface area (Å²) in [6.45, 7) is 0.426. The van der Waals surface area contributed by atoms with Crippen molar-refractivity contribution < 1.29 is 24.7 Å². The summed E-state index contributed by atoms with van der Waals surface area (Å²) < 4.78 is 0. The maximum Gasteiger partial charge on any atom is 0.488 e. The van der Waals surface area contributed by atoms with Gasteiger partial charge < -0.3 is 26.2 Å². The van der Waals surface area contributed by atoms with Gasteiger partial charge in [-0.2, -0.15) is 0 Å². The highest BCUT2D eigenvalue weighted by atomic mass is 16.4. The molecule has 1 aromatic rings. The molecule has 0 saturated heterocycles. The number of carboxylic acid groups (broad SMARTS) is 1. The van der Waals surface area contributed by atoms with Crippen LogP contribution >= 0.6 is 0 Å². The highest BCUT2D eigenvalue weighted by Gasteiger charge is 2.12. The van der Waals surface area contributed by atoms with Crippen LogP contribution in [0.2, 0.25) is 0 Å². The number of unbranched alkanes of at least 4 members (excludes halogenated alkanes) is 1. The fourth-order valence-corrected chi connectivity index (χ4v) is 1.72. The van der Waals surface area contributed by atoms with Crippen LogP contribution in [-0.2, 0) is 4.79 Å². The Kier molecular flexibility index (Phi) is 6.87. The summed E-state index contributed by atoms with van der Waals surface area (Å²) in [5, 5.41) is 29.2. The van der Waals surface area contributed by atoms with Crippen molar-refractivity contribution in [3.63, 3.8) is 0 Å². The van der Waals surface area contributed by atoms with Gasteiger partial charge in [-0.3, -0.25) is 9.59 Å². The van der Waals surface area contributed by atoms with Crippen LogP contribution < -0.4 is 16.5 Å². The Morgan fingerprint density at radius 3 is 2.33 bits per heavy atom. The Morgan fingerprint density at radius 2 is 1.81 bits per heavy atom. The van der Waals surface area contributed by atoms with E-state index in [1.165, 1.54) is 24.3 Å². The molecule has 1 amide bonds. The summed E-state index contributed by atoms with van der Waals surface area (Å²) in [6.07, 6.45) is 1.62. The van der Waals surface area contributed by atoms with Crippen molar-refractivity contribution in [2.75, 3.05) is 6.54 Å². The summed E-state index contributed by atoms with van der Waals surface area (Å²) >= 11 is 0. The first-order chi connectivity index (χ1) is 9.91. The smallest absolute Gasteiger partial charge is 0.480 e. The molecule has 8 heteroatoms. The van der Waals surface area contributed by atoms with E-state index in [0.29, 0.717) is 36.8 Å². The molecule has 0 aromatic heterocycles. The molecular weight excluding hydrogens is 275 g/mol. The minimum Gasteiger partial charge on any atom is -0.480 e. The lowest BCUT2D eigenvalue weighted by atomic mass is 9.80. The summed E-state index contributed by atoms with van der Waals surface area (Å²) in [4.78, 5) is 22.3. The summed E-state index contributed by atoms with van der Waals surface area (Å²) in [5.74, 6) is -1.29. The van der Waals surface area contributed by atoms with Gasteiger partial charge in [-0.05, 0) is 36.9 Å². The third-order valence-electron chi connectivity index (χ3n) is 3.02. The summed E-state index contributed by atoms with van der Waals surface area (Å²) in [5.41, 5.74) is 6.09. The minimum atomic E-state index is -1.56. The average Bonchev–Trinajstić information content (AvgIpc) is 2.46. The molecule has 0 spiro atoms. The van der Waals surface area contributed by atoms with Gasteiger partial charge in [0.2, 0.25) is 0 Å². The molecule has 0 unspecified atom stereocenters. The van der Waals surface area contributed by atoms with Gasteiger partial charge in [-0.15, -0.1) is 0 Å². The van der Waals surface area contributed by atoms with Crippen molar-refractivity contribution >= 4 is 24.5 Å². The zero-order valence-electron chi connectivity index (χ0n) is 11.5. The molecule has 0 fully saturated rings. The van der Waals surface area contributed by atoms with E-state index in [2.05, 4.69) is 5.32 Å². The first-order valence-corrected chi connectivity index (χ1v) is 6.64. The van der Waals surface area contributed by atoms with Crippen LogP contribution in [-0.4, -0.2) is 46.7 Å². The third kappa shape index (κ3) is 5.94. The van der Waals surface area contributed by atoms with E-state index in [1.807, 2.05) is 0 Å². The number of amides is 1. The zero-order chi connectivity index (χ0) is 15.8. The Morgan fingerprint density at radius 1 is 1.19 bits per heavy atom. The van der Waals surface area contributed by atoms with E-state index < -0.39 is 19.1 Å². The van der Waals surface area contributed by atoms with Crippen molar-refractivity contribution in [1.82, 2.24) is 5.32 Å². The molecule has 114 valence electrons. The molecule has 1 aromatic carbocycles. The maximum absolute atomic E-state index is 11.8. The number of aliphatic carboxylic acids is 1. The van der Waals surface area contributed by atoms with Gasteiger partial charge >= 0.3 is 13.1 Å². The number of hydrogen-bond donors (Lipinski definition) is 5. The van der Waals surface area contributed by atoms with E-state index in [4.69, 9.17) is 20.9 Å². The monoisotopic (exact) mass is 294 g/mol. The standard InChI is InChI=1S/C13H19BN2O5/c15-11(13(18)19)3-1-2-8-16-12(17)9-4-6-10(7-5-9)14(20)21/h4-7,11,20-21H,1-3,8,15H2,(H,16,17)(H,18,19)/t11-/m0/s1. The highest BCUT2D eigenvalue weighted by molar-refractivity contribution is 6.58. The molecule has 0 radical (unpaired) electrons. The number of hydrogen-bond acceptors (Lipinski definition) is 5. The minimum absolute atomic E-state index is 0.267. The van der Waals surface area contributed by atoms with Crippen molar-refractivity contribution in [3.8, 4) is 0 Å². The number of carbonyl (C=O) groups excluding carboxylic acids is 1. The fourth-order valence-electron chi connectivity index (χ4n) is 1.72. The van der Waals surface area contributed by atoms with Gasteiger partial charge in [0.15, 0.2) is 0 Å². The molecule has 0 heterocycles. The Balaban J connectivity index is 2.29. The first kappa shape index (κ1) is 17.2. The third-order valence-corrected chi connectivity index (χ3v) is 3.02. The second kappa shape index (κ2) is 8.40. The van der Waals surface area contributed by atoms with Crippen LogP contribution in [0.3, 0.4) is 0 Å². The fraction of sp³-hybridized carbons (Fsp3) is 0.385. The topological polar surface area (TPSA) is 133 Å². The molecule has 6 N–H and O–H groups in total. The van der Waals surface area contributed by atoms with Crippen LogP contribution in [0.15, 0.2) is 24.3 Å². The van der Waals surface area contributed by atoms with Crippen LogP contribution in [0.1, 0.15) is 29.6 Å². The van der Waals surface area contributed by atoms with Crippen LogP contribution in [0.5, 0.6) is 0 Å². The van der Waals surface area contributed by atoms with E-state index in [1.54, 1.807) is 0 Å². The van der Waals surface area contributed by atoms with E-state index in [0.717, 1.165) is 0 Å². The first-order valence-electron chi connectivity index (χ1n) is 6.64. The normalized spacial score (nSPS) is 11.8. The van der Waals surface area contributed by atoms with Crippen LogP contribution in [0.25, 0.3) is 0 Å². The average molecular weight is 294 g/mol. The highest BCUT2D eigenvalue weighted by Crippen LogP contribution is 2.00. The van der Waals surface area contributed by atoms with Gasteiger partial charge in [0.1, 0.15) is 6.04 Å². The quantitative estimate of drug-likeness (QED) is 0.298.